The van der Waals surface area contributed by atoms with Crippen LogP contribution in [0.5, 0.6) is 11.5 Å². The van der Waals surface area contributed by atoms with Gasteiger partial charge in [0.1, 0.15) is 18.0 Å². The number of benzene rings is 2. The van der Waals surface area contributed by atoms with Crippen LogP contribution in [-0.4, -0.2) is 30.6 Å². The molecule has 1 N–H and O–H groups in total. The van der Waals surface area contributed by atoms with Gasteiger partial charge in [-0.05, 0) is 60.3 Å². The first kappa shape index (κ1) is 20.0. The second kappa shape index (κ2) is 8.54. The molecule has 2 amide bonds. The van der Waals surface area contributed by atoms with Crippen LogP contribution < -0.4 is 19.7 Å². The van der Waals surface area contributed by atoms with E-state index in [9.17, 15) is 14.0 Å². The highest BCUT2D eigenvalue weighted by molar-refractivity contribution is 7.80. The molecule has 0 aromatic heterocycles. The summed E-state index contributed by atoms with van der Waals surface area (Å²) in [6.45, 7) is 0.0712. The van der Waals surface area contributed by atoms with Gasteiger partial charge in [0, 0.05) is 0 Å². The Morgan fingerprint density at radius 1 is 1.21 bits per heavy atom. The van der Waals surface area contributed by atoms with E-state index in [0.29, 0.717) is 22.7 Å². The van der Waals surface area contributed by atoms with Gasteiger partial charge in [-0.2, -0.15) is 0 Å². The summed E-state index contributed by atoms with van der Waals surface area (Å²) in [5.41, 5.74) is 0.727. The van der Waals surface area contributed by atoms with E-state index < -0.39 is 17.6 Å². The Bertz CT molecular complexity index is 1060. The second-order valence-electron chi connectivity index (χ2n) is 5.84. The predicted molar refractivity (Wildman–Crippen MR) is 110 cm³/mol. The monoisotopic (exact) mass is 410 g/mol. The number of thiocarbonyl (C=S) groups is 1. The van der Waals surface area contributed by atoms with E-state index in [0.717, 1.165) is 4.90 Å². The van der Waals surface area contributed by atoms with Gasteiger partial charge in [-0.15, -0.1) is 6.42 Å². The quantitative estimate of drug-likeness (QED) is 0.355. The number of methoxy groups -OCH3 is 1. The van der Waals surface area contributed by atoms with Crippen molar-refractivity contribution in [3.8, 4) is 23.8 Å². The molecule has 146 valence electrons. The van der Waals surface area contributed by atoms with Crippen LogP contribution in [0.15, 0.2) is 48.0 Å². The lowest BCUT2D eigenvalue weighted by Gasteiger charge is -2.28. The number of carbonyl (C=O) groups excluding carboxylic acids is 2. The minimum atomic E-state index is -0.634. The summed E-state index contributed by atoms with van der Waals surface area (Å²) in [6, 6.07) is 10.1. The number of hydrogen-bond donors (Lipinski definition) is 1. The molecule has 2 aromatic rings. The fourth-order valence-corrected chi connectivity index (χ4v) is 2.94. The fraction of sp³-hybridized carbons (Fsp3) is 0.0952. The highest BCUT2D eigenvalue weighted by Crippen LogP contribution is 2.30. The van der Waals surface area contributed by atoms with Gasteiger partial charge in [0.05, 0.1) is 12.8 Å². The maximum Gasteiger partial charge on any atom is 0.270 e. The number of rotatable bonds is 5. The van der Waals surface area contributed by atoms with E-state index in [1.807, 2.05) is 0 Å². The Morgan fingerprint density at radius 3 is 2.59 bits per heavy atom. The molecule has 0 radical (unpaired) electrons. The van der Waals surface area contributed by atoms with E-state index in [2.05, 4.69) is 11.2 Å². The van der Waals surface area contributed by atoms with Crippen LogP contribution in [0.3, 0.4) is 0 Å². The summed E-state index contributed by atoms with van der Waals surface area (Å²) in [7, 11) is 1.46. The summed E-state index contributed by atoms with van der Waals surface area (Å²) in [5.74, 6) is 1.47. The lowest BCUT2D eigenvalue weighted by Crippen LogP contribution is -2.54. The predicted octanol–water partition coefficient (Wildman–Crippen LogP) is 2.68. The maximum absolute atomic E-state index is 13.2. The molecule has 0 saturated carbocycles. The van der Waals surface area contributed by atoms with Gasteiger partial charge in [0.25, 0.3) is 11.8 Å². The Balaban J connectivity index is 1.96. The molecule has 1 saturated heterocycles. The van der Waals surface area contributed by atoms with Crippen LogP contribution in [0.25, 0.3) is 6.08 Å². The summed E-state index contributed by atoms with van der Waals surface area (Å²) < 4.78 is 23.9. The van der Waals surface area contributed by atoms with Crippen molar-refractivity contribution >= 4 is 40.9 Å². The number of halogens is 1. The van der Waals surface area contributed by atoms with Gasteiger partial charge >= 0.3 is 0 Å². The lowest BCUT2D eigenvalue weighted by molar-refractivity contribution is -0.122. The van der Waals surface area contributed by atoms with Crippen molar-refractivity contribution in [2.75, 3.05) is 18.6 Å². The normalized spacial score (nSPS) is 15.1. The number of amides is 2. The highest BCUT2D eigenvalue weighted by atomic mass is 32.1. The number of anilines is 1. The molecule has 0 unspecified atom stereocenters. The minimum Gasteiger partial charge on any atom is -0.493 e. The zero-order valence-electron chi connectivity index (χ0n) is 15.3. The van der Waals surface area contributed by atoms with Crippen LogP contribution >= 0.6 is 12.2 Å². The van der Waals surface area contributed by atoms with E-state index in [1.54, 1.807) is 18.2 Å². The van der Waals surface area contributed by atoms with Crippen LogP contribution in [0.1, 0.15) is 5.56 Å². The van der Waals surface area contributed by atoms with Crippen molar-refractivity contribution in [3.05, 3.63) is 59.4 Å². The van der Waals surface area contributed by atoms with Gasteiger partial charge in [-0.3, -0.25) is 19.8 Å². The van der Waals surface area contributed by atoms with Gasteiger partial charge in [0.15, 0.2) is 16.6 Å². The molecule has 1 fully saturated rings. The Kier molecular flexibility index (Phi) is 5.90. The molecule has 0 atom stereocenters. The summed E-state index contributed by atoms with van der Waals surface area (Å²) >= 11 is 5.11. The molecule has 3 rings (SSSR count). The first-order valence-electron chi connectivity index (χ1n) is 8.36. The Morgan fingerprint density at radius 2 is 1.93 bits per heavy atom. The van der Waals surface area contributed by atoms with Gasteiger partial charge in [-0.25, -0.2) is 4.39 Å². The molecular weight excluding hydrogens is 395 g/mol. The zero-order chi connectivity index (χ0) is 21.0. The van der Waals surface area contributed by atoms with Crippen LogP contribution in [0.2, 0.25) is 0 Å². The second-order valence-corrected chi connectivity index (χ2v) is 6.22. The first-order chi connectivity index (χ1) is 13.9. The molecule has 29 heavy (non-hydrogen) atoms. The molecule has 1 aliphatic heterocycles. The third-order valence-corrected chi connectivity index (χ3v) is 4.28. The molecule has 0 spiro atoms. The summed E-state index contributed by atoms with van der Waals surface area (Å²) in [4.78, 5) is 26.4. The third-order valence-electron chi connectivity index (χ3n) is 4.00. The number of nitrogens with one attached hydrogen (secondary N) is 1. The number of nitrogens with zero attached hydrogens (tertiary/aromatic N) is 1. The third kappa shape index (κ3) is 4.25. The van der Waals surface area contributed by atoms with Crippen molar-refractivity contribution in [1.29, 1.82) is 0 Å². The van der Waals surface area contributed by atoms with Crippen molar-refractivity contribution < 1.29 is 23.5 Å². The highest BCUT2D eigenvalue weighted by Gasteiger charge is 2.34. The van der Waals surface area contributed by atoms with E-state index in [-0.39, 0.29) is 17.3 Å². The van der Waals surface area contributed by atoms with E-state index in [4.69, 9.17) is 28.1 Å². The average molecular weight is 410 g/mol. The molecule has 2 aromatic carbocycles. The van der Waals surface area contributed by atoms with Gasteiger partial charge in [-0.1, -0.05) is 12.0 Å². The SMILES string of the molecule is C#CCOc1ccc(/C=C2\C(=O)NC(=S)N(c3ccc(F)cc3)C2=O)cc1OC. The smallest absolute Gasteiger partial charge is 0.270 e. The molecule has 8 heteroatoms. The molecular formula is C21H15FN2O4S. The molecule has 1 heterocycles. The molecule has 0 bridgehead atoms. The Labute approximate surface area is 171 Å². The topological polar surface area (TPSA) is 67.9 Å². The van der Waals surface area contributed by atoms with Gasteiger partial charge < -0.3 is 9.47 Å². The summed E-state index contributed by atoms with van der Waals surface area (Å²) in [5, 5.41) is 2.38. The van der Waals surface area contributed by atoms with Gasteiger partial charge in [0.2, 0.25) is 0 Å². The number of ether oxygens (including phenoxy) is 2. The van der Waals surface area contributed by atoms with Crippen molar-refractivity contribution in [2.45, 2.75) is 0 Å². The lowest BCUT2D eigenvalue weighted by atomic mass is 10.1. The van der Waals surface area contributed by atoms with Crippen molar-refractivity contribution in [1.82, 2.24) is 5.32 Å². The number of carbonyl (C=O) groups is 2. The molecule has 0 aliphatic carbocycles. The molecule has 1 aliphatic rings. The molecule has 6 nitrogen and oxygen atoms in total. The fourth-order valence-electron chi connectivity index (χ4n) is 2.66. The largest absolute Gasteiger partial charge is 0.493 e. The minimum absolute atomic E-state index is 0.0712. The first-order valence-corrected chi connectivity index (χ1v) is 8.76. The van der Waals surface area contributed by atoms with E-state index in [1.165, 1.54) is 37.5 Å². The van der Waals surface area contributed by atoms with Crippen LogP contribution in [0, 0.1) is 18.2 Å². The zero-order valence-corrected chi connectivity index (χ0v) is 16.1. The average Bonchev–Trinajstić information content (AvgIpc) is 2.71. The standard InChI is InChI=1S/C21H15FN2O4S/c1-3-10-28-17-9-4-13(12-18(17)27-2)11-16-19(25)23-21(29)24(20(16)26)15-7-5-14(22)6-8-15/h1,4-9,11-12H,10H2,2H3,(H,23,25,29)/b16-11+. The van der Waals surface area contributed by atoms with E-state index >= 15 is 0 Å². The maximum atomic E-state index is 13.2. The van der Waals surface area contributed by atoms with Crippen LogP contribution in [0.4, 0.5) is 10.1 Å². The van der Waals surface area contributed by atoms with Crippen LogP contribution in [-0.2, 0) is 9.59 Å². The van der Waals surface area contributed by atoms with Crippen molar-refractivity contribution in [2.24, 2.45) is 0 Å². The Hall–Kier alpha value is -3.70. The number of terminal acetylenes is 1. The summed E-state index contributed by atoms with van der Waals surface area (Å²) in [6.07, 6.45) is 6.60. The number of hydrogen-bond acceptors (Lipinski definition) is 5. The van der Waals surface area contributed by atoms with Crippen molar-refractivity contribution in [3.63, 3.8) is 0 Å².